The summed E-state index contributed by atoms with van der Waals surface area (Å²) in [6, 6.07) is 5.14. The molecule has 0 atom stereocenters. The Morgan fingerprint density at radius 1 is 1.19 bits per heavy atom. The van der Waals surface area contributed by atoms with Crippen LogP contribution in [0.3, 0.4) is 0 Å². The van der Waals surface area contributed by atoms with Crippen molar-refractivity contribution in [2.45, 2.75) is 39.8 Å². The number of ketones is 1. The van der Waals surface area contributed by atoms with E-state index >= 15 is 0 Å². The molecule has 7 heteroatoms. The summed E-state index contributed by atoms with van der Waals surface area (Å²) in [6.07, 6.45) is -3.74. The zero-order chi connectivity index (χ0) is 19.4. The molecular weight excluding hydrogens is 345 g/mol. The molecule has 2 N–H and O–H groups in total. The van der Waals surface area contributed by atoms with Crippen LogP contribution in [0.1, 0.15) is 57.9 Å². The second-order valence-corrected chi connectivity index (χ2v) is 7.51. The van der Waals surface area contributed by atoms with E-state index in [1.165, 1.54) is 6.07 Å². The lowest BCUT2D eigenvalue weighted by Gasteiger charge is -2.30. The number of rotatable bonds is 2. The van der Waals surface area contributed by atoms with Crippen LogP contribution >= 0.6 is 0 Å². The Balaban J connectivity index is 2.23. The van der Waals surface area contributed by atoms with Crippen LogP contribution in [0.25, 0.3) is 5.69 Å². The van der Waals surface area contributed by atoms with Gasteiger partial charge < -0.3 is 10.3 Å². The molecule has 0 spiro atoms. The van der Waals surface area contributed by atoms with Gasteiger partial charge >= 0.3 is 6.18 Å². The molecule has 2 aromatic rings. The van der Waals surface area contributed by atoms with Gasteiger partial charge in [0, 0.05) is 29.1 Å². The van der Waals surface area contributed by atoms with Gasteiger partial charge in [-0.25, -0.2) is 0 Å². The maximum absolute atomic E-state index is 13.4. The zero-order valence-electron chi connectivity index (χ0n) is 14.7. The van der Waals surface area contributed by atoms with Crippen molar-refractivity contribution >= 4 is 11.7 Å². The molecule has 1 aromatic heterocycles. The molecular formula is C19H19F3N2O2. The molecule has 0 fully saturated rings. The fourth-order valence-electron chi connectivity index (χ4n) is 3.63. The summed E-state index contributed by atoms with van der Waals surface area (Å²) in [5, 5.41) is 0. The number of hydrogen-bond acceptors (Lipinski definition) is 2. The number of carbonyl (C=O) groups excluding carboxylic acids is 2. The van der Waals surface area contributed by atoms with Crippen molar-refractivity contribution in [1.82, 2.24) is 4.57 Å². The molecule has 1 aromatic carbocycles. The fourth-order valence-corrected chi connectivity index (χ4v) is 3.63. The number of alkyl halides is 3. The van der Waals surface area contributed by atoms with Gasteiger partial charge in [-0.05, 0) is 43.0 Å². The van der Waals surface area contributed by atoms with Crippen LogP contribution < -0.4 is 5.73 Å². The number of aromatic nitrogens is 1. The number of aryl methyl sites for hydroxylation is 1. The SMILES string of the molecule is Cc1cc2c(n1-c1ccc(C(N)=O)c(C(F)(F)F)c1)CC(C)(C)CC2=O. The topological polar surface area (TPSA) is 65.1 Å². The van der Waals surface area contributed by atoms with E-state index in [0.29, 0.717) is 29.8 Å². The normalized spacial score (nSPS) is 16.5. The second kappa shape index (κ2) is 5.72. The monoisotopic (exact) mass is 364 g/mol. The number of halogens is 3. The van der Waals surface area contributed by atoms with Crippen LogP contribution in [-0.4, -0.2) is 16.3 Å². The highest BCUT2D eigenvalue weighted by atomic mass is 19.4. The third-order valence-electron chi connectivity index (χ3n) is 4.70. The third-order valence-corrected chi connectivity index (χ3v) is 4.70. The summed E-state index contributed by atoms with van der Waals surface area (Å²) < 4.78 is 41.8. The summed E-state index contributed by atoms with van der Waals surface area (Å²) in [6.45, 7) is 5.66. The van der Waals surface area contributed by atoms with Crippen molar-refractivity contribution in [2.75, 3.05) is 0 Å². The molecule has 0 bridgehead atoms. The standard InChI is InChI=1S/C19H19F3N2O2/c1-10-6-13-15(8-18(2,3)9-16(13)25)24(10)11-4-5-12(17(23)26)14(7-11)19(20,21)22/h4-7H,8-9H2,1-3H3,(H2,23,26). The number of hydrogen-bond donors (Lipinski definition) is 1. The highest BCUT2D eigenvalue weighted by molar-refractivity contribution is 5.99. The highest BCUT2D eigenvalue weighted by Crippen LogP contribution is 2.39. The Kier molecular flexibility index (Phi) is 4.01. The molecule has 0 saturated carbocycles. The van der Waals surface area contributed by atoms with E-state index in [9.17, 15) is 22.8 Å². The minimum atomic E-state index is -4.71. The Bertz CT molecular complexity index is 924. The number of nitrogens with zero attached hydrogens (tertiary/aromatic N) is 1. The van der Waals surface area contributed by atoms with Gasteiger partial charge in [-0.2, -0.15) is 13.2 Å². The number of primary amides is 1. The van der Waals surface area contributed by atoms with E-state index in [-0.39, 0.29) is 16.9 Å². The number of nitrogens with two attached hydrogens (primary N) is 1. The number of benzene rings is 1. The van der Waals surface area contributed by atoms with Crippen molar-refractivity contribution < 1.29 is 22.8 Å². The number of amides is 1. The molecule has 26 heavy (non-hydrogen) atoms. The summed E-state index contributed by atoms with van der Waals surface area (Å²) in [5.74, 6) is -1.14. The highest BCUT2D eigenvalue weighted by Gasteiger charge is 2.37. The van der Waals surface area contributed by atoms with E-state index in [1.807, 2.05) is 13.8 Å². The number of carbonyl (C=O) groups is 2. The van der Waals surface area contributed by atoms with Crippen molar-refractivity contribution in [3.8, 4) is 5.69 Å². The van der Waals surface area contributed by atoms with E-state index in [1.54, 1.807) is 17.6 Å². The van der Waals surface area contributed by atoms with E-state index in [0.717, 1.165) is 12.1 Å². The molecule has 0 saturated heterocycles. The van der Waals surface area contributed by atoms with Crippen molar-refractivity contribution in [1.29, 1.82) is 0 Å². The van der Waals surface area contributed by atoms with Gasteiger partial charge in [0.2, 0.25) is 5.91 Å². The first-order chi connectivity index (χ1) is 11.9. The molecule has 0 unspecified atom stereocenters. The molecule has 3 rings (SSSR count). The van der Waals surface area contributed by atoms with Crippen LogP contribution in [0.15, 0.2) is 24.3 Å². The van der Waals surface area contributed by atoms with Crippen LogP contribution in [0.2, 0.25) is 0 Å². The van der Waals surface area contributed by atoms with Gasteiger partial charge in [-0.15, -0.1) is 0 Å². The third kappa shape index (κ3) is 3.02. The average Bonchev–Trinajstić information content (AvgIpc) is 2.81. The quantitative estimate of drug-likeness (QED) is 0.873. The first-order valence-electron chi connectivity index (χ1n) is 8.16. The Morgan fingerprint density at radius 2 is 1.85 bits per heavy atom. The zero-order valence-corrected chi connectivity index (χ0v) is 14.7. The summed E-state index contributed by atoms with van der Waals surface area (Å²) in [4.78, 5) is 23.8. The molecule has 4 nitrogen and oxygen atoms in total. The van der Waals surface area contributed by atoms with Gasteiger partial charge in [0.05, 0.1) is 11.1 Å². The summed E-state index contributed by atoms with van der Waals surface area (Å²) in [5.41, 5.74) is 5.33. The lowest BCUT2D eigenvalue weighted by Crippen LogP contribution is -2.28. The van der Waals surface area contributed by atoms with Crippen molar-refractivity contribution in [3.63, 3.8) is 0 Å². The molecule has 1 amide bonds. The number of Topliss-reactive ketones (excluding diaryl/α,β-unsaturated/α-hetero) is 1. The average molecular weight is 364 g/mol. The van der Waals surface area contributed by atoms with E-state index < -0.39 is 23.2 Å². The van der Waals surface area contributed by atoms with Gasteiger partial charge in [0.15, 0.2) is 5.78 Å². The second-order valence-electron chi connectivity index (χ2n) is 7.51. The Hall–Kier alpha value is -2.57. The predicted molar refractivity (Wildman–Crippen MR) is 90.5 cm³/mol. The maximum atomic E-state index is 13.4. The molecule has 0 aliphatic heterocycles. The predicted octanol–water partition coefficient (Wildman–Crippen LogP) is 4.06. The largest absolute Gasteiger partial charge is 0.417 e. The molecule has 1 aliphatic carbocycles. The number of fused-ring (bicyclic) bond motifs is 1. The molecule has 1 aliphatic rings. The summed E-state index contributed by atoms with van der Waals surface area (Å²) in [7, 11) is 0. The lowest BCUT2D eigenvalue weighted by molar-refractivity contribution is -0.137. The van der Waals surface area contributed by atoms with Gasteiger partial charge in [0.25, 0.3) is 0 Å². The van der Waals surface area contributed by atoms with Gasteiger partial charge in [0.1, 0.15) is 0 Å². The van der Waals surface area contributed by atoms with E-state index in [4.69, 9.17) is 5.73 Å². The van der Waals surface area contributed by atoms with Gasteiger partial charge in [-0.1, -0.05) is 13.8 Å². The summed E-state index contributed by atoms with van der Waals surface area (Å²) >= 11 is 0. The Morgan fingerprint density at radius 3 is 2.42 bits per heavy atom. The minimum Gasteiger partial charge on any atom is -0.366 e. The fraction of sp³-hybridized carbons (Fsp3) is 0.368. The van der Waals surface area contributed by atoms with E-state index in [2.05, 4.69) is 0 Å². The van der Waals surface area contributed by atoms with Crippen LogP contribution in [0.4, 0.5) is 13.2 Å². The lowest BCUT2D eigenvalue weighted by atomic mass is 9.76. The van der Waals surface area contributed by atoms with Crippen LogP contribution in [-0.2, 0) is 12.6 Å². The maximum Gasteiger partial charge on any atom is 0.417 e. The van der Waals surface area contributed by atoms with Crippen LogP contribution in [0, 0.1) is 12.3 Å². The Labute approximate surface area is 148 Å². The van der Waals surface area contributed by atoms with Crippen molar-refractivity contribution in [3.05, 3.63) is 52.3 Å². The van der Waals surface area contributed by atoms with Crippen molar-refractivity contribution in [2.24, 2.45) is 11.1 Å². The first-order valence-corrected chi connectivity index (χ1v) is 8.16. The van der Waals surface area contributed by atoms with Crippen LogP contribution in [0.5, 0.6) is 0 Å². The van der Waals surface area contributed by atoms with Gasteiger partial charge in [-0.3, -0.25) is 9.59 Å². The smallest absolute Gasteiger partial charge is 0.366 e. The minimum absolute atomic E-state index is 0.0112. The first kappa shape index (κ1) is 18.2. The molecule has 138 valence electrons. The molecule has 0 radical (unpaired) electrons. The molecule has 1 heterocycles.